The molecule has 1 aliphatic rings. The number of aromatic nitrogens is 1. The van der Waals surface area contributed by atoms with E-state index in [2.05, 4.69) is 37.9 Å². The number of ether oxygens (including phenoxy) is 1. The molecule has 0 saturated heterocycles. The van der Waals surface area contributed by atoms with E-state index in [4.69, 9.17) is 10.5 Å². The number of carbonyl (C=O) groups is 1. The molecule has 0 bridgehead atoms. The van der Waals surface area contributed by atoms with E-state index in [0.717, 1.165) is 21.4 Å². The molecule has 33 heavy (non-hydrogen) atoms. The molecule has 2 aromatic carbocycles. The number of hydrogen-bond donors (Lipinski definition) is 1. The maximum Gasteiger partial charge on any atom is 0.338 e. The predicted octanol–water partition coefficient (Wildman–Crippen LogP) is 3.43. The molecular weight excluding hydrogens is 570 g/mol. The van der Waals surface area contributed by atoms with Crippen LogP contribution in [0.25, 0.3) is 17.5 Å². The van der Waals surface area contributed by atoms with Gasteiger partial charge >= 0.3 is 5.97 Å². The molecule has 4 rings (SSSR count). The molecule has 6 nitrogen and oxygen atoms in total. The first-order valence-corrected chi connectivity index (χ1v) is 12.3. The van der Waals surface area contributed by atoms with E-state index in [1.165, 1.54) is 4.57 Å². The van der Waals surface area contributed by atoms with Crippen LogP contribution in [0.2, 0.25) is 0 Å². The van der Waals surface area contributed by atoms with Crippen LogP contribution in [-0.4, -0.2) is 17.1 Å². The molecule has 0 spiro atoms. The van der Waals surface area contributed by atoms with Gasteiger partial charge in [0.2, 0.25) is 0 Å². The van der Waals surface area contributed by atoms with Gasteiger partial charge in [-0.3, -0.25) is 9.36 Å². The summed E-state index contributed by atoms with van der Waals surface area (Å²) < 4.78 is 8.87. The molecule has 3 aromatic rings. The highest BCUT2D eigenvalue weighted by Gasteiger charge is 2.37. The normalized spacial score (nSPS) is 15.9. The summed E-state index contributed by atoms with van der Waals surface area (Å²) in [5, 5.41) is 10.0. The van der Waals surface area contributed by atoms with Crippen molar-refractivity contribution in [1.29, 1.82) is 5.26 Å². The van der Waals surface area contributed by atoms with Crippen molar-refractivity contribution in [1.82, 2.24) is 4.57 Å². The van der Waals surface area contributed by atoms with Gasteiger partial charge in [-0.1, -0.05) is 68.3 Å². The van der Waals surface area contributed by atoms with E-state index >= 15 is 0 Å². The number of allylic oxidation sites excluding steroid dienone is 1. The van der Waals surface area contributed by atoms with Gasteiger partial charge in [-0.05, 0) is 36.3 Å². The van der Waals surface area contributed by atoms with Crippen LogP contribution in [0.15, 0.2) is 67.8 Å². The fourth-order valence-electron chi connectivity index (χ4n) is 3.71. The van der Waals surface area contributed by atoms with Crippen LogP contribution >= 0.6 is 43.2 Å². The number of benzene rings is 2. The number of thiazole rings is 1. The van der Waals surface area contributed by atoms with Gasteiger partial charge in [0.25, 0.3) is 5.56 Å². The fraction of sp³-hybridized carbons (Fsp3) is 0.125. The minimum Gasteiger partial charge on any atom is -0.463 e. The first-order valence-electron chi connectivity index (χ1n) is 9.93. The largest absolute Gasteiger partial charge is 0.463 e. The van der Waals surface area contributed by atoms with Gasteiger partial charge in [0.15, 0.2) is 0 Å². The fourth-order valence-corrected chi connectivity index (χ4v) is 5.78. The molecule has 0 aliphatic carbocycles. The Morgan fingerprint density at radius 1 is 1.21 bits per heavy atom. The third kappa shape index (κ3) is 4.10. The highest BCUT2D eigenvalue weighted by atomic mass is 79.9. The summed E-state index contributed by atoms with van der Waals surface area (Å²) in [6.07, 6.45) is 1.73. The molecule has 1 unspecified atom stereocenters. The number of carbonyl (C=O) groups excluding carboxylic acids is 1. The zero-order valence-corrected chi connectivity index (χ0v) is 21.3. The Bertz CT molecular complexity index is 1530. The zero-order valence-electron chi connectivity index (χ0n) is 17.3. The van der Waals surface area contributed by atoms with Crippen molar-refractivity contribution in [2.75, 3.05) is 6.61 Å². The van der Waals surface area contributed by atoms with Crippen LogP contribution in [0.1, 0.15) is 24.0 Å². The molecule has 1 atom stereocenters. The van der Waals surface area contributed by atoms with Crippen LogP contribution in [0.4, 0.5) is 0 Å². The van der Waals surface area contributed by atoms with Crippen molar-refractivity contribution in [2.24, 2.45) is 5.73 Å². The lowest BCUT2D eigenvalue weighted by Gasteiger charge is -2.25. The molecule has 2 heterocycles. The summed E-state index contributed by atoms with van der Waals surface area (Å²) >= 11 is 8.16. The van der Waals surface area contributed by atoms with E-state index in [0.29, 0.717) is 19.2 Å². The van der Waals surface area contributed by atoms with Crippen LogP contribution in [0.3, 0.4) is 0 Å². The first-order chi connectivity index (χ1) is 15.9. The minimum absolute atomic E-state index is 0.00864. The summed E-state index contributed by atoms with van der Waals surface area (Å²) in [6.45, 7) is 1.86. The van der Waals surface area contributed by atoms with Crippen molar-refractivity contribution in [3.63, 3.8) is 0 Å². The number of rotatable bonds is 4. The molecule has 0 amide bonds. The molecule has 0 fully saturated rings. The van der Waals surface area contributed by atoms with Gasteiger partial charge in [-0.25, -0.2) is 4.79 Å². The average Bonchev–Trinajstić information content (AvgIpc) is 3.11. The Kier molecular flexibility index (Phi) is 6.70. The highest BCUT2D eigenvalue weighted by molar-refractivity contribution is 9.10. The summed E-state index contributed by atoms with van der Waals surface area (Å²) in [5.74, 6) is -1.37. The van der Waals surface area contributed by atoms with E-state index in [-0.39, 0.29) is 23.6 Å². The smallest absolute Gasteiger partial charge is 0.338 e. The second-order valence-corrected chi connectivity index (χ2v) is 9.82. The standard InChI is InChI=1S/C24H17Br2N3O3S/c1-2-32-24(31)20-19(14-8-4-6-10-17(14)26)15(12-27)21(28)29-22(30)18(33-23(20)29)11-13-7-3-5-9-16(13)25/h3-11,19H,2,28H2,1H3/b18-11-. The number of nitriles is 1. The highest BCUT2D eigenvalue weighted by Crippen LogP contribution is 2.39. The van der Waals surface area contributed by atoms with Gasteiger partial charge in [0.05, 0.1) is 34.3 Å². The molecule has 0 saturated carbocycles. The summed E-state index contributed by atoms with van der Waals surface area (Å²) in [6, 6.07) is 16.9. The van der Waals surface area contributed by atoms with E-state index in [1.807, 2.05) is 48.5 Å². The molecule has 0 radical (unpaired) electrons. The maximum atomic E-state index is 13.4. The topological polar surface area (TPSA) is 98.1 Å². The maximum absolute atomic E-state index is 13.4. The van der Waals surface area contributed by atoms with Gasteiger partial charge in [-0.15, -0.1) is 11.3 Å². The SMILES string of the molecule is CCOC(=O)C1=c2s/c(=C\c3ccccc3Br)c(=O)n2C(N)=C(C#N)C1c1ccccc1Br. The Morgan fingerprint density at radius 2 is 1.88 bits per heavy atom. The number of esters is 1. The first kappa shape index (κ1) is 23.2. The minimum atomic E-state index is -0.779. The van der Waals surface area contributed by atoms with E-state index < -0.39 is 17.4 Å². The van der Waals surface area contributed by atoms with Gasteiger partial charge in [-0.2, -0.15) is 5.26 Å². The molecular formula is C24H17Br2N3O3S. The monoisotopic (exact) mass is 585 g/mol. The van der Waals surface area contributed by atoms with Crippen molar-refractivity contribution < 1.29 is 9.53 Å². The van der Waals surface area contributed by atoms with Crippen molar-refractivity contribution in [3.05, 3.63) is 93.7 Å². The summed E-state index contributed by atoms with van der Waals surface area (Å²) in [5.41, 5.74) is 7.79. The second-order valence-electron chi connectivity index (χ2n) is 7.08. The number of halogens is 2. The van der Waals surface area contributed by atoms with Gasteiger partial charge < -0.3 is 10.5 Å². The number of nitrogens with two attached hydrogens (primary N) is 1. The summed E-state index contributed by atoms with van der Waals surface area (Å²) in [4.78, 5) is 26.5. The molecule has 9 heteroatoms. The molecule has 1 aromatic heterocycles. The average molecular weight is 587 g/mol. The number of fused-ring (bicyclic) bond motifs is 1. The third-order valence-corrected chi connectivity index (χ3v) is 7.72. The summed E-state index contributed by atoms with van der Waals surface area (Å²) in [7, 11) is 0. The number of nitrogens with zero attached hydrogens (tertiary/aromatic N) is 2. The van der Waals surface area contributed by atoms with Crippen molar-refractivity contribution in [3.8, 4) is 6.07 Å². The Balaban J connectivity index is 2.14. The molecule has 166 valence electrons. The predicted molar refractivity (Wildman–Crippen MR) is 135 cm³/mol. The van der Waals surface area contributed by atoms with Crippen molar-refractivity contribution in [2.45, 2.75) is 12.8 Å². The lowest BCUT2D eigenvalue weighted by molar-refractivity contribution is -0.136. The molecule has 2 N–H and O–H groups in total. The lowest BCUT2D eigenvalue weighted by atomic mass is 9.84. The Hall–Kier alpha value is -2.93. The van der Waals surface area contributed by atoms with Crippen LogP contribution < -0.4 is 20.5 Å². The quantitative estimate of drug-likeness (QED) is 0.472. The molecule has 1 aliphatic heterocycles. The lowest BCUT2D eigenvalue weighted by Crippen LogP contribution is -2.40. The van der Waals surface area contributed by atoms with Gasteiger partial charge in [0, 0.05) is 8.95 Å². The number of hydrogen-bond acceptors (Lipinski definition) is 6. The van der Waals surface area contributed by atoms with E-state index in [1.54, 1.807) is 13.0 Å². The second kappa shape index (κ2) is 9.51. The van der Waals surface area contributed by atoms with Crippen LogP contribution in [0.5, 0.6) is 0 Å². The zero-order chi connectivity index (χ0) is 23.7. The van der Waals surface area contributed by atoms with Crippen molar-refractivity contribution >= 4 is 66.6 Å². The Morgan fingerprint density at radius 3 is 2.52 bits per heavy atom. The van der Waals surface area contributed by atoms with E-state index in [9.17, 15) is 14.9 Å². The van der Waals surface area contributed by atoms with Gasteiger partial charge in [0.1, 0.15) is 10.5 Å². The van der Waals surface area contributed by atoms with Crippen LogP contribution in [0, 0.1) is 11.3 Å². The Labute approximate surface area is 210 Å². The third-order valence-electron chi connectivity index (χ3n) is 5.17. The van der Waals surface area contributed by atoms with Crippen LogP contribution in [-0.2, 0) is 9.53 Å².